The third kappa shape index (κ3) is 5.71. The predicted molar refractivity (Wildman–Crippen MR) is 149 cm³/mol. The van der Waals surface area contributed by atoms with E-state index in [0.717, 1.165) is 9.80 Å². The summed E-state index contributed by atoms with van der Waals surface area (Å²) in [5, 5.41) is 66.1. The highest BCUT2D eigenvalue weighted by atomic mass is 16.6. The Morgan fingerprint density at radius 3 is 1.87 bits per heavy atom. The number of ether oxygens (including phenoxy) is 1. The normalized spacial score (nSPS) is 37.0. The summed E-state index contributed by atoms with van der Waals surface area (Å²) in [6.45, 7) is 3.39. The molecule has 16 heteroatoms. The van der Waals surface area contributed by atoms with Gasteiger partial charge in [-0.1, -0.05) is 12.7 Å². The monoisotopic (exact) mass is 638 g/mol. The Labute approximate surface area is 257 Å². The van der Waals surface area contributed by atoms with Crippen molar-refractivity contribution in [1.29, 1.82) is 0 Å². The zero-order chi connectivity index (χ0) is 33.7. The summed E-state index contributed by atoms with van der Waals surface area (Å²) in [6, 6.07) is 0. The van der Waals surface area contributed by atoms with Crippen molar-refractivity contribution in [1.82, 2.24) is 9.80 Å². The van der Waals surface area contributed by atoms with Crippen molar-refractivity contribution in [2.75, 3.05) is 39.3 Å². The zero-order valence-corrected chi connectivity index (χ0v) is 24.6. The van der Waals surface area contributed by atoms with Gasteiger partial charge in [0.2, 0.25) is 0 Å². The number of fused-ring (bicyclic) bond motifs is 1. The van der Waals surface area contributed by atoms with E-state index in [9.17, 15) is 44.1 Å². The summed E-state index contributed by atoms with van der Waals surface area (Å²) in [7, 11) is 0. The fraction of sp³-hybridized carbons (Fsp3) is 0.655. The molecular weight excluding hydrogens is 600 g/mol. The van der Waals surface area contributed by atoms with E-state index in [2.05, 4.69) is 6.58 Å². The van der Waals surface area contributed by atoms with Gasteiger partial charge in [0.1, 0.15) is 11.0 Å². The van der Waals surface area contributed by atoms with E-state index in [1.807, 2.05) is 0 Å². The fourth-order valence-corrected chi connectivity index (χ4v) is 8.61. The third-order valence-corrected chi connectivity index (χ3v) is 10.3. The van der Waals surface area contributed by atoms with Gasteiger partial charge in [-0.3, -0.25) is 38.6 Å². The number of carboxylic acid groups (broad SMARTS) is 5. The van der Waals surface area contributed by atoms with Crippen LogP contribution in [0.25, 0.3) is 0 Å². The Bertz CT molecular complexity index is 1280. The standard InChI is InChI=1S/C19H22O6.C10H16N2O8/c1-9-7-17-8-18(9,24)5-3-10(17)19-6-4-11(20)16(2,15(23)25-19)13(19)12(17)14(21)22;13-7(14)3-11(4-8(15)16)1-2-12(5-9(17)18)6-10(19)20/h4,6,10-13,20,24H,1,3,5,7-8H2,2H3,(H,21,22);1-6H2,(H,13,14)(H,15,16)(H,17,18)(H,19,20)/t10-,11+,12-,13-,16-,17+,18+,19-;/m1./s1. The highest BCUT2D eigenvalue weighted by Crippen LogP contribution is 2.77. The maximum absolute atomic E-state index is 12.7. The molecule has 3 saturated carbocycles. The number of rotatable bonds is 12. The third-order valence-electron chi connectivity index (χ3n) is 10.3. The maximum atomic E-state index is 12.7. The molecule has 5 rings (SSSR count). The first kappa shape index (κ1) is 34.0. The van der Waals surface area contributed by atoms with Gasteiger partial charge in [0.05, 0.1) is 43.8 Å². The second-order valence-electron chi connectivity index (χ2n) is 12.9. The lowest BCUT2D eigenvalue weighted by atomic mass is 9.61. The Kier molecular flexibility index (Phi) is 8.93. The smallest absolute Gasteiger partial charge is 0.317 e. The van der Waals surface area contributed by atoms with E-state index < -0.39 is 102 Å². The second kappa shape index (κ2) is 11.8. The van der Waals surface area contributed by atoms with E-state index >= 15 is 0 Å². The van der Waals surface area contributed by atoms with Crippen molar-refractivity contribution in [3.63, 3.8) is 0 Å². The van der Waals surface area contributed by atoms with Gasteiger partial charge in [0.15, 0.2) is 0 Å². The van der Waals surface area contributed by atoms with E-state index in [-0.39, 0.29) is 19.0 Å². The minimum Gasteiger partial charge on any atom is -0.481 e. The van der Waals surface area contributed by atoms with Crippen LogP contribution in [0.4, 0.5) is 0 Å². The van der Waals surface area contributed by atoms with Gasteiger partial charge in [-0.2, -0.15) is 0 Å². The van der Waals surface area contributed by atoms with Crippen LogP contribution in [0.3, 0.4) is 0 Å². The number of esters is 1. The summed E-state index contributed by atoms with van der Waals surface area (Å²) in [6.07, 6.45) is 4.11. The average Bonchev–Trinajstić information content (AvgIpc) is 3.32. The van der Waals surface area contributed by atoms with Crippen LogP contribution in [0.2, 0.25) is 0 Å². The Morgan fingerprint density at radius 1 is 0.933 bits per heavy atom. The summed E-state index contributed by atoms with van der Waals surface area (Å²) in [4.78, 5) is 69.4. The summed E-state index contributed by atoms with van der Waals surface area (Å²) in [5.74, 6) is -8.09. The van der Waals surface area contributed by atoms with Gasteiger partial charge in [-0.15, -0.1) is 0 Å². The van der Waals surface area contributed by atoms with Crippen LogP contribution in [0, 0.1) is 28.6 Å². The summed E-state index contributed by atoms with van der Waals surface area (Å²) in [5.41, 5.74) is -3.29. The van der Waals surface area contributed by atoms with Gasteiger partial charge in [0, 0.05) is 24.9 Å². The molecule has 0 aromatic carbocycles. The van der Waals surface area contributed by atoms with E-state index in [0.29, 0.717) is 31.3 Å². The molecule has 0 aromatic rings. The predicted octanol–water partition coefficient (Wildman–Crippen LogP) is -1.04. The number of carboxylic acids is 5. The van der Waals surface area contributed by atoms with Gasteiger partial charge in [-0.05, 0) is 49.7 Å². The molecule has 4 fully saturated rings. The van der Waals surface area contributed by atoms with Gasteiger partial charge in [-0.25, -0.2) is 0 Å². The zero-order valence-electron chi connectivity index (χ0n) is 24.6. The van der Waals surface area contributed by atoms with E-state index in [4.69, 9.17) is 25.2 Å². The van der Waals surface area contributed by atoms with E-state index in [1.165, 1.54) is 0 Å². The number of carbonyl (C=O) groups is 6. The average molecular weight is 639 g/mol. The number of carbonyl (C=O) groups excluding carboxylic acids is 1. The molecule has 45 heavy (non-hydrogen) atoms. The molecule has 248 valence electrons. The van der Waals surface area contributed by atoms with Gasteiger partial charge in [0.25, 0.3) is 0 Å². The quantitative estimate of drug-likeness (QED) is 0.0994. The largest absolute Gasteiger partial charge is 0.481 e. The molecule has 0 unspecified atom stereocenters. The molecule has 4 bridgehead atoms. The van der Waals surface area contributed by atoms with Crippen LogP contribution in [0.15, 0.2) is 24.3 Å². The molecule has 16 nitrogen and oxygen atoms in total. The first-order valence-corrected chi connectivity index (χ1v) is 14.4. The van der Waals surface area contributed by atoms with Gasteiger partial charge < -0.3 is 40.5 Å². The molecular formula is C29H38N2O14. The lowest BCUT2D eigenvalue weighted by Crippen LogP contribution is -2.50. The van der Waals surface area contributed by atoms with Gasteiger partial charge >= 0.3 is 35.8 Å². The second-order valence-corrected chi connectivity index (χ2v) is 12.9. The molecule has 1 heterocycles. The molecule has 4 aliphatic carbocycles. The lowest BCUT2D eigenvalue weighted by Gasteiger charge is -2.44. The van der Waals surface area contributed by atoms with Crippen LogP contribution in [0.5, 0.6) is 0 Å². The van der Waals surface area contributed by atoms with Crippen LogP contribution in [0.1, 0.15) is 32.6 Å². The summed E-state index contributed by atoms with van der Waals surface area (Å²) < 4.78 is 5.87. The molecule has 1 aliphatic heterocycles. The SMILES string of the molecule is C=C1C[C@]23C[C@@]1(O)CC[C@H]2[C@@]12C=C[C@H](O)[C@@](C)(C(=O)O1)[C@H]2[C@@H]3C(=O)O.O=C(O)CN(CCN(CC(=O)O)CC(=O)O)CC(=O)O. The van der Waals surface area contributed by atoms with Crippen LogP contribution < -0.4 is 0 Å². The number of aliphatic hydroxyl groups excluding tert-OH is 1. The number of aliphatic carboxylic acids is 5. The Hall–Kier alpha value is -3.86. The van der Waals surface area contributed by atoms with Crippen LogP contribution in [-0.4, -0.2) is 138 Å². The minimum atomic E-state index is -1.27. The Morgan fingerprint density at radius 2 is 1.42 bits per heavy atom. The van der Waals surface area contributed by atoms with Crippen molar-refractivity contribution >= 4 is 35.8 Å². The number of aliphatic hydroxyl groups is 2. The molecule has 8 atom stereocenters. The minimum absolute atomic E-state index is 0.0703. The molecule has 0 aromatic heterocycles. The van der Waals surface area contributed by atoms with Crippen molar-refractivity contribution in [3.05, 3.63) is 24.3 Å². The summed E-state index contributed by atoms with van der Waals surface area (Å²) >= 11 is 0. The molecule has 1 saturated heterocycles. The van der Waals surface area contributed by atoms with Crippen molar-refractivity contribution in [3.8, 4) is 0 Å². The molecule has 0 radical (unpaired) electrons. The maximum Gasteiger partial charge on any atom is 0.317 e. The van der Waals surface area contributed by atoms with Crippen LogP contribution in [-0.2, 0) is 33.5 Å². The number of hydrogen-bond donors (Lipinski definition) is 7. The number of hydrogen-bond acceptors (Lipinski definition) is 11. The molecule has 5 aliphatic rings. The van der Waals surface area contributed by atoms with Crippen molar-refractivity contribution in [2.24, 2.45) is 28.6 Å². The lowest BCUT2D eigenvalue weighted by molar-refractivity contribution is -0.163. The number of nitrogens with zero attached hydrogens (tertiary/aromatic N) is 2. The highest BCUT2D eigenvalue weighted by molar-refractivity contribution is 5.86. The Balaban J connectivity index is 0.000000212. The molecule has 1 spiro atoms. The first-order valence-electron chi connectivity index (χ1n) is 14.4. The highest BCUT2D eigenvalue weighted by Gasteiger charge is 2.83. The van der Waals surface area contributed by atoms with Crippen molar-refractivity contribution in [2.45, 2.75) is 49.9 Å². The fourth-order valence-electron chi connectivity index (χ4n) is 8.61. The van der Waals surface area contributed by atoms with Crippen molar-refractivity contribution < 1.29 is 69.2 Å². The molecule has 0 amide bonds. The molecule has 7 N–H and O–H groups in total. The van der Waals surface area contributed by atoms with Crippen LogP contribution >= 0.6 is 0 Å². The van der Waals surface area contributed by atoms with E-state index in [1.54, 1.807) is 19.1 Å². The first-order chi connectivity index (χ1) is 20.8. The topological polar surface area (TPSA) is 260 Å².